The van der Waals surface area contributed by atoms with Crippen molar-refractivity contribution < 1.29 is 0 Å². The van der Waals surface area contributed by atoms with E-state index >= 15 is 0 Å². The van der Waals surface area contributed by atoms with E-state index in [0.717, 1.165) is 12.5 Å². The summed E-state index contributed by atoms with van der Waals surface area (Å²) >= 11 is 1.75. The van der Waals surface area contributed by atoms with Gasteiger partial charge in [0.05, 0.1) is 0 Å². The molecule has 1 aliphatic heterocycles. The standard InChI is InChI=1S/C17H17N5S/c1-3-21-12(2)11-15(22-17(21)18-19-20-22)13-7-4-5-8-14(13)16-9-6-10-23-16/h4-11,15H,3H2,1-2H3. The first-order chi connectivity index (χ1) is 11.3. The van der Waals surface area contributed by atoms with Crippen LogP contribution in [-0.2, 0) is 0 Å². The third-order valence-corrected chi connectivity index (χ3v) is 5.09. The lowest BCUT2D eigenvalue weighted by Gasteiger charge is -2.30. The van der Waals surface area contributed by atoms with Crippen molar-refractivity contribution in [1.82, 2.24) is 20.2 Å². The van der Waals surface area contributed by atoms with Gasteiger partial charge in [0.1, 0.15) is 6.04 Å². The van der Waals surface area contributed by atoms with Crippen LogP contribution in [0.15, 0.2) is 53.6 Å². The van der Waals surface area contributed by atoms with Gasteiger partial charge in [0.2, 0.25) is 0 Å². The van der Waals surface area contributed by atoms with Crippen LogP contribution in [0.4, 0.5) is 5.95 Å². The molecule has 116 valence electrons. The maximum Gasteiger partial charge on any atom is 0.250 e. The summed E-state index contributed by atoms with van der Waals surface area (Å²) in [6.07, 6.45) is 2.24. The summed E-state index contributed by atoms with van der Waals surface area (Å²) in [6, 6.07) is 12.7. The minimum absolute atomic E-state index is 0.0149. The number of aromatic nitrogens is 4. The Kier molecular flexibility index (Phi) is 3.46. The van der Waals surface area contributed by atoms with E-state index in [9.17, 15) is 0 Å². The number of hydrogen-bond acceptors (Lipinski definition) is 5. The predicted octanol–water partition coefficient (Wildman–Crippen LogP) is 3.73. The van der Waals surface area contributed by atoms with E-state index in [1.54, 1.807) is 11.3 Å². The SMILES string of the molecule is CCN1C(C)=CC(c2ccccc2-c2cccs2)n2nnnc21. The van der Waals surface area contributed by atoms with Gasteiger partial charge in [0.15, 0.2) is 0 Å². The smallest absolute Gasteiger partial charge is 0.250 e. The molecule has 0 saturated heterocycles. The van der Waals surface area contributed by atoms with Crippen LogP contribution in [0.25, 0.3) is 10.4 Å². The van der Waals surface area contributed by atoms with Crippen molar-refractivity contribution in [3.05, 3.63) is 59.1 Å². The summed E-state index contributed by atoms with van der Waals surface area (Å²) in [4.78, 5) is 3.39. The second-order valence-electron chi connectivity index (χ2n) is 5.49. The second kappa shape index (κ2) is 5.62. The van der Waals surface area contributed by atoms with E-state index in [0.29, 0.717) is 0 Å². The molecule has 1 aromatic carbocycles. The van der Waals surface area contributed by atoms with Gasteiger partial charge >= 0.3 is 0 Å². The molecule has 1 atom stereocenters. The first kappa shape index (κ1) is 14.1. The zero-order chi connectivity index (χ0) is 15.8. The van der Waals surface area contributed by atoms with Crippen LogP contribution in [0, 0.1) is 0 Å². The number of anilines is 1. The van der Waals surface area contributed by atoms with Crippen LogP contribution in [0.1, 0.15) is 25.5 Å². The molecule has 0 amide bonds. The Hall–Kier alpha value is -2.47. The van der Waals surface area contributed by atoms with Crippen LogP contribution in [0.5, 0.6) is 0 Å². The first-order valence-corrected chi connectivity index (χ1v) is 8.54. The lowest BCUT2D eigenvalue weighted by Crippen LogP contribution is -2.31. The molecule has 6 heteroatoms. The summed E-state index contributed by atoms with van der Waals surface area (Å²) in [5.74, 6) is 0.804. The highest BCUT2D eigenvalue weighted by molar-refractivity contribution is 7.13. The highest BCUT2D eigenvalue weighted by atomic mass is 32.1. The molecule has 0 saturated carbocycles. The number of rotatable bonds is 3. The molecule has 1 unspecified atom stereocenters. The molecule has 1 aliphatic rings. The van der Waals surface area contributed by atoms with Crippen molar-refractivity contribution in [2.75, 3.05) is 11.4 Å². The number of nitrogens with zero attached hydrogens (tertiary/aromatic N) is 5. The van der Waals surface area contributed by atoms with Crippen LogP contribution in [-0.4, -0.2) is 26.8 Å². The molecule has 0 spiro atoms. The van der Waals surface area contributed by atoms with Crippen molar-refractivity contribution in [3.8, 4) is 10.4 Å². The Labute approximate surface area is 138 Å². The summed E-state index contributed by atoms with van der Waals surface area (Å²) in [5.41, 5.74) is 3.64. The average Bonchev–Trinajstić information content (AvgIpc) is 3.26. The fourth-order valence-electron chi connectivity index (χ4n) is 3.12. The van der Waals surface area contributed by atoms with Gasteiger partial charge in [-0.3, -0.25) is 0 Å². The molecular formula is C17H17N5S. The van der Waals surface area contributed by atoms with Crippen molar-refractivity contribution >= 4 is 17.3 Å². The van der Waals surface area contributed by atoms with Crippen molar-refractivity contribution in [3.63, 3.8) is 0 Å². The maximum atomic E-state index is 4.24. The predicted molar refractivity (Wildman–Crippen MR) is 92.5 cm³/mol. The summed E-state index contributed by atoms with van der Waals surface area (Å²) in [5, 5.41) is 14.5. The van der Waals surface area contributed by atoms with E-state index in [4.69, 9.17) is 0 Å². The van der Waals surface area contributed by atoms with E-state index in [1.165, 1.54) is 21.7 Å². The lowest BCUT2D eigenvalue weighted by molar-refractivity contribution is 0.562. The van der Waals surface area contributed by atoms with Crippen LogP contribution in [0.2, 0.25) is 0 Å². The van der Waals surface area contributed by atoms with Crippen LogP contribution in [0.3, 0.4) is 0 Å². The number of fused-ring (bicyclic) bond motifs is 1. The van der Waals surface area contributed by atoms with Gasteiger partial charge < -0.3 is 4.90 Å². The third kappa shape index (κ3) is 2.26. The van der Waals surface area contributed by atoms with Crippen LogP contribution >= 0.6 is 11.3 Å². The quantitative estimate of drug-likeness (QED) is 0.737. The molecule has 3 heterocycles. The summed E-state index contributed by atoms with van der Waals surface area (Å²) < 4.78 is 1.91. The van der Waals surface area contributed by atoms with Crippen molar-refractivity contribution in [2.45, 2.75) is 19.9 Å². The molecular weight excluding hydrogens is 306 g/mol. The normalized spacial score (nSPS) is 17.0. The van der Waals surface area contributed by atoms with E-state index < -0.39 is 0 Å². The van der Waals surface area contributed by atoms with Crippen LogP contribution < -0.4 is 4.90 Å². The Morgan fingerprint density at radius 2 is 2.04 bits per heavy atom. The average molecular weight is 323 g/mol. The van der Waals surface area contributed by atoms with Gasteiger partial charge in [-0.25, -0.2) is 0 Å². The largest absolute Gasteiger partial charge is 0.314 e. The fourth-order valence-corrected chi connectivity index (χ4v) is 3.89. The molecule has 0 aliphatic carbocycles. The fraction of sp³-hybridized carbons (Fsp3) is 0.235. The number of thiophene rings is 1. The summed E-state index contributed by atoms with van der Waals surface area (Å²) in [6.45, 7) is 5.07. The lowest BCUT2D eigenvalue weighted by atomic mass is 9.97. The van der Waals surface area contributed by atoms with Crippen molar-refractivity contribution in [1.29, 1.82) is 0 Å². The Morgan fingerprint density at radius 3 is 2.83 bits per heavy atom. The molecule has 5 nitrogen and oxygen atoms in total. The van der Waals surface area contributed by atoms with E-state index in [1.807, 2.05) is 4.68 Å². The first-order valence-electron chi connectivity index (χ1n) is 7.66. The van der Waals surface area contributed by atoms with Gasteiger partial charge in [-0.05, 0) is 52.9 Å². The molecule has 0 bridgehead atoms. The Balaban J connectivity index is 1.88. The van der Waals surface area contributed by atoms with E-state index in [-0.39, 0.29) is 6.04 Å². The second-order valence-corrected chi connectivity index (χ2v) is 6.43. The number of hydrogen-bond donors (Lipinski definition) is 0. The highest BCUT2D eigenvalue weighted by Crippen LogP contribution is 2.37. The van der Waals surface area contributed by atoms with Gasteiger partial charge in [-0.15, -0.1) is 11.3 Å². The maximum absolute atomic E-state index is 4.24. The number of allylic oxidation sites excluding steroid dienone is 2. The third-order valence-electron chi connectivity index (χ3n) is 4.19. The molecule has 0 fully saturated rings. The van der Waals surface area contributed by atoms with Gasteiger partial charge in [-0.2, -0.15) is 4.68 Å². The van der Waals surface area contributed by atoms with E-state index in [2.05, 4.69) is 82.1 Å². The summed E-state index contributed by atoms with van der Waals surface area (Å²) in [7, 11) is 0. The molecule has 4 rings (SSSR count). The zero-order valence-corrected chi connectivity index (χ0v) is 13.9. The topological polar surface area (TPSA) is 46.8 Å². The van der Waals surface area contributed by atoms with Gasteiger partial charge in [0.25, 0.3) is 5.95 Å². The molecule has 23 heavy (non-hydrogen) atoms. The highest BCUT2D eigenvalue weighted by Gasteiger charge is 2.28. The zero-order valence-electron chi connectivity index (χ0n) is 13.0. The minimum Gasteiger partial charge on any atom is -0.314 e. The van der Waals surface area contributed by atoms with Gasteiger partial charge in [0, 0.05) is 17.1 Å². The number of tetrazole rings is 1. The molecule has 2 aromatic heterocycles. The molecule has 0 N–H and O–H groups in total. The molecule has 3 aromatic rings. The van der Waals surface area contributed by atoms with Crippen molar-refractivity contribution in [2.24, 2.45) is 0 Å². The Bertz CT molecular complexity index is 850. The minimum atomic E-state index is 0.0149. The number of benzene rings is 1. The monoisotopic (exact) mass is 323 g/mol. The van der Waals surface area contributed by atoms with Gasteiger partial charge in [-0.1, -0.05) is 35.4 Å². The molecule has 0 radical (unpaired) electrons. The Morgan fingerprint density at radius 1 is 1.17 bits per heavy atom.